The highest BCUT2D eigenvalue weighted by molar-refractivity contribution is 9.10. The van der Waals surface area contributed by atoms with Crippen LogP contribution in [0, 0.1) is 0 Å². The maximum atomic E-state index is 13.0. The SMILES string of the molecule is CC(C)(C)c1ccc(OCCOc2cc(Br)ccc2/C=C2\SC(=O)N(Cc3ccc(Cl)c(Cl)c3)C2=O)cc1. The smallest absolute Gasteiger partial charge is 0.293 e. The van der Waals surface area contributed by atoms with Gasteiger partial charge in [-0.25, -0.2) is 0 Å². The molecule has 0 unspecified atom stereocenters. The third-order valence-electron chi connectivity index (χ3n) is 5.79. The van der Waals surface area contributed by atoms with Crippen molar-refractivity contribution in [2.24, 2.45) is 0 Å². The zero-order valence-electron chi connectivity index (χ0n) is 21.1. The quantitative estimate of drug-likeness (QED) is 0.183. The van der Waals surface area contributed by atoms with Crippen LogP contribution in [-0.4, -0.2) is 29.3 Å². The summed E-state index contributed by atoms with van der Waals surface area (Å²) in [5.41, 5.74) is 2.71. The molecule has 1 aliphatic heterocycles. The monoisotopic (exact) mass is 633 g/mol. The van der Waals surface area contributed by atoms with Gasteiger partial charge in [0.1, 0.15) is 24.7 Å². The average Bonchev–Trinajstić information content (AvgIpc) is 3.12. The normalized spacial score (nSPS) is 14.9. The van der Waals surface area contributed by atoms with E-state index in [4.69, 9.17) is 32.7 Å². The van der Waals surface area contributed by atoms with E-state index in [1.54, 1.807) is 24.3 Å². The lowest BCUT2D eigenvalue weighted by Crippen LogP contribution is -2.27. The maximum absolute atomic E-state index is 13.0. The number of carbonyl (C=O) groups excluding carboxylic acids is 2. The number of carbonyl (C=O) groups is 2. The first-order valence-corrected chi connectivity index (χ1v) is 14.2. The summed E-state index contributed by atoms with van der Waals surface area (Å²) < 4.78 is 12.7. The first-order valence-electron chi connectivity index (χ1n) is 11.9. The Hall–Kier alpha value is -2.45. The van der Waals surface area contributed by atoms with Gasteiger partial charge in [0, 0.05) is 10.0 Å². The number of amides is 2. The Balaban J connectivity index is 1.41. The van der Waals surface area contributed by atoms with E-state index in [1.165, 1.54) is 10.5 Å². The molecule has 1 fully saturated rings. The molecule has 0 saturated carbocycles. The molecule has 198 valence electrons. The van der Waals surface area contributed by atoms with Crippen molar-refractivity contribution in [3.8, 4) is 11.5 Å². The molecular weight excluding hydrogens is 609 g/mol. The molecule has 3 aromatic rings. The van der Waals surface area contributed by atoms with Gasteiger partial charge in [-0.3, -0.25) is 14.5 Å². The molecule has 0 radical (unpaired) electrons. The van der Waals surface area contributed by atoms with Gasteiger partial charge in [0.15, 0.2) is 0 Å². The maximum Gasteiger partial charge on any atom is 0.293 e. The number of hydrogen-bond donors (Lipinski definition) is 0. The number of benzene rings is 3. The van der Waals surface area contributed by atoms with E-state index >= 15 is 0 Å². The highest BCUT2D eigenvalue weighted by Gasteiger charge is 2.35. The highest BCUT2D eigenvalue weighted by Crippen LogP contribution is 2.36. The van der Waals surface area contributed by atoms with Gasteiger partial charge in [-0.05, 0) is 70.8 Å². The fourth-order valence-electron chi connectivity index (χ4n) is 3.71. The fourth-order valence-corrected chi connectivity index (χ4v) is 5.20. The first kappa shape index (κ1) is 28.6. The van der Waals surface area contributed by atoms with E-state index < -0.39 is 0 Å². The molecule has 2 amide bonds. The second-order valence-electron chi connectivity index (χ2n) is 9.67. The Kier molecular flexibility index (Phi) is 9.14. The van der Waals surface area contributed by atoms with Crippen LogP contribution in [0.3, 0.4) is 0 Å². The van der Waals surface area contributed by atoms with Crippen molar-refractivity contribution in [1.82, 2.24) is 4.90 Å². The summed E-state index contributed by atoms with van der Waals surface area (Å²) in [5, 5.41) is 0.433. The van der Waals surface area contributed by atoms with Crippen molar-refractivity contribution in [3.63, 3.8) is 0 Å². The number of hydrogen-bond acceptors (Lipinski definition) is 5. The molecule has 9 heteroatoms. The molecule has 5 nitrogen and oxygen atoms in total. The molecule has 0 atom stereocenters. The molecule has 1 aliphatic rings. The Bertz CT molecular complexity index is 1390. The molecule has 0 aliphatic carbocycles. The van der Waals surface area contributed by atoms with Gasteiger partial charge < -0.3 is 9.47 Å². The molecule has 3 aromatic carbocycles. The number of rotatable bonds is 8. The molecular formula is C29H26BrCl2NO4S. The van der Waals surface area contributed by atoms with Crippen LogP contribution >= 0.6 is 50.9 Å². The van der Waals surface area contributed by atoms with Crippen LogP contribution in [0.1, 0.15) is 37.5 Å². The van der Waals surface area contributed by atoms with E-state index in [0.29, 0.717) is 45.0 Å². The Morgan fingerprint density at radius 1 is 0.921 bits per heavy atom. The van der Waals surface area contributed by atoms with E-state index in [1.807, 2.05) is 30.3 Å². The van der Waals surface area contributed by atoms with E-state index in [-0.39, 0.29) is 23.1 Å². The zero-order chi connectivity index (χ0) is 27.4. The van der Waals surface area contributed by atoms with Gasteiger partial charge in [0.2, 0.25) is 0 Å². The average molecular weight is 635 g/mol. The lowest BCUT2D eigenvalue weighted by molar-refractivity contribution is -0.123. The van der Waals surface area contributed by atoms with Crippen LogP contribution in [-0.2, 0) is 16.8 Å². The molecule has 0 spiro atoms. The molecule has 4 rings (SSSR count). The summed E-state index contributed by atoms with van der Waals surface area (Å²) >= 11 is 16.4. The number of nitrogens with zero attached hydrogens (tertiary/aromatic N) is 1. The van der Waals surface area contributed by atoms with Crippen LogP contribution in [0.4, 0.5) is 4.79 Å². The Morgan fingerprint density at radius 3 is 2.32 bits per heavy atom. The minimum absolute atomic E-state index is 0.0808. The summed E-state index contributed by atoms with van der Waals surface area (Å²) in [6, 6.07) is 18.6. The number of ether oxygens (including phenoxy) is 2. The summed E-state index contributed by atoms with van der Waals surface area (Å²) in [5.74, 6) is 0.969. The second-order valence-corrected chi connectivity index (χ2v) is 12.4. The summed E-state index contributed by atoms with van der Waals surface area (Å²) in [6.07, 6.45) is 1.67. The topological polar surface area (TPSA) is 55.8 Å². The second kappa shape index (κ2) is 12.2. The Labute approximate surface area is 245 Å². The molecule has 1 heterocycles. The van der Waals surface area contributed by atoms with E-state index in [0.717, 1.165) is 22.0 Å². The van der Waals surface area contributed by atoms with Crippen molar-refractivity contribution in [2.45, 2.75) is 32.7 Å². The number of halogens is 3. The minimum atomic E-state index is -0.373. The summed E-state index contributed by atoms with van der Waals surface area (Å²) in [6.45, 7) is 7.27. The molecule has 0 aromatic heterocycles. The van der Waals surface area contributed by atoms with Gasteiger partial charge in [-0.15, -0.1) is 0 Å². The lowest BCUT2D eigenvalue weighted by Gasteiger charge is -2.19. The van der Waals surface area contributed by atoms with Crippen LogP contribution < -0.4 is 9.47 Å². The molecule has 0 bridgehead atoms. The zero-order valence-corrected chi connectivity index (χ0v) is 25.0. The van der Waals surface area contributed by atoms with Gasteiger partial charge in [0.25, 0.3) is 11.1 Å². The van der Waals surface area contributed by atoms with Crippen molar-refractivity contribution in [1.29, 1.82) is 0 Å². The van der Waals surface area contributed by atoms with Gasteiger partial charge in [-0.1, -0.05) is 84.2 Å². The van der Waals surface area contributed by atoms with Gasteiger partial charge >= 0.3 is 0 Å². The predicted octanol–water partition coefficient (Wildman–Crippen LogP) is 8.75. The number of imide groups is 1. The van der Waals surface area contributed by atoms with E-state index in [2.05, 4.69) is 48.8 Å². The van der Waals surface area contributed by atoms with Gasteiger partial charge in [0.05, 0.1) is 21.5 Å². The van der Waals surface area contributed by atoms with Crippen LogP contribution in [0.25, 0.3) is 6.08 Å². The standard InChI is InChI=1S/C29H26BrCl2NO4S/c1-29(2,3)20-6-9-22(10-7-20)36-12-13-37-25-16-21(30)8-5-19(25)15-26-27(34)33(28(35)38-26)17-18-4-11-23(31)24(32)14-18/h4-11,14-16H,12-13,17H2,1-3H3/b26-15-. The largest absolute Gasteiger partial charge is 0.490 e. The minimum Gasteiger partial charge on any atom is -0.490 e. The molecule has 1 saturated heterocycles. The van der Waals surface area contributed by atoms with Crippen LogP contribution in [0.5, 0.6) is 11.5 Å². The molecule has 38 heavy (non-hydrogen) atoms. The third-order valence-corrected chi connectivity index (χ3v) is 7.93. The highest BCUT2D eigenvalue weighted by atomic mass is 79.9. The first-order chi connectivity index (χ1) is 18.0. The Morgan fingerprint density at radius 2 is 1.63 bits per heavy atom. The third kappa shape index (κ3) is 7.14. The predicted molar refractivity (Wildman–Crippen MR) is 158 cm³/mol. The summed E-state index contributed by atoms with van der Waals surface area (Å²) in [4.78, 5) is 27.2. The lowest BCUT2D eigenvalue weighted by atomic mass is 9.87. The van der Waals surface area contributed by atoms with Crippen LogP contribution in [0.2, 0.25) is 10.0 Å². The summed E-state index contributed by atoms with van der Waals surface area (Å²) in [7, 11) is 0. The van der Waals surface area contributed by atoms with Crippen molar-refractivity contribution in [2.75, 3.05) is 13.2 Å². The number of thioether (sulfide) groups is 1. The fraction of sp³-hybridized carbons (Fsp3) is 0.241. The van der Waals surface area contributed by atoms with Crippen molar-refractivity contribution in [3.05, 3.63) is 96.8 Å². The van der Waals surface area contributed by atoms with Crippen molar-refractivity contribution >= 4 is 68.1 Å². The van der Waals surface area contributed by atoms with E-state index in [9.17, 15) is 9.59 Å². The van der Waals surface area contributed by atoms with Crippen LogP contribution in [0.15, 0.2) is 70.0 Å². The van der Waals surface area contributed by atoms with Gasteiger partial charge in [-0.2, -0.15) is 0 Å². The van der Waals surface area contributed by atoms with Crippen molar-refractivity contribution < 1.29 is 19.1 Å². The molecule has 0 N–H and O–H groups in total.